The standard InChI is InChI=1S/C22H31FN2O5S/c1-16(17-6-7-18(23)19(12-17)30-15-22(2)8-9-22)14-31(28,29)11-5-3-4-10-25-13-20(26)24-21(25)27/h6-7,12,16H,3-5,8-11,13-15H2,1-2H3,(H,24,26,27)/t16-/m0/s1. The minimum Gasteiger partial charge on any atom is -0.490 e. The topological polar surface area (TPSA) is 92.8 Å². The fraction of sp³-hybridized carbons (Fsp3) is 0.636. The van der Waals surface area contributed by atoms with E-state index in [0.29, 0.717) is 32.4 Å². The number of nitrogens with one attached hydrogen (secondary N) is 1. The first-order chi connectivity index (χ1) is 14.6. The fourth-order valence-electron chi connectivity index (χ4n) is 3.57. The SMILES string of the molecule is C[C@@H](CS(=O)(=O)CCCCCN1CC(=O)NC1=O)c1ccc(F)c(OCC2(C)CC2)c1. The lowest BCUT2D eigenvalue weighted by molar-refractivity contribution is -0.118. The number of benzene rings is 1. The summed E-state index contributed by atoms with van der Waals surface area (Å²) in [5.74, 6) is -0.790. The van der Waals surface area contributed by atoms with Gasteiger partial charge in [-0.2, -0.15) is 0 Å². The van der Waals surface area contributed by atoms with Crippen LogP contribution in [0.3, 0.4) is 0 Å². The third kappa shape index (κ3) is 6.92. The molecule has 172 valence electrons. The molecule has 31 heavy (non-hydrogen) atoms. The highest BCUT2D eigenvalue weighted by Gasteiger charge is 2.38. The summed E-state index contributed by atoms with van der Waals surface area (Å²) >= 11 is 0. The number of imide groups is 1. The van der Waals surface area contributed by atoms with Crippen LogP contribution in [-0.4, -0.2) is 56.5 Å². The Morgan fingerprint density at radius 2 is 1.97 bits per heavy atom. The van der Waals surface area contributed by atoms with Crippen LogP contribution in [0.1, 0.15) is 57.4 Å². The van der Waals surface area contributed by atoms with Gasteiger partial charge in [0.2, 0.25) is 5.91 Å². The van der Waals surface area contributed by atoms with Crippen LogP contribution in [0.4, 0.5) is 9.18 Å². The zero-order chi connectivity index (χ0) is 22.6. The first kappa shape index (κ1) is 23.5. The van der Waals surface area contributed by atoms with E-state index in [0.717, 1.165) is 18.4 Å². The molecule has 1 saturated carbocycles. The molecule has 1 N–H and O–H groups in total. The lowest BCUT2D eigenvalue weighted by Crippen LogP contribution is -2.29. The summed E-state index contributed by atoms with van der Waals surface area (Å²) in [7, 11) is -3.28. The minimum atomic E-state index is -3.28. The lowest BCUT2D eigenvalue weighted by Gasteiger charge is -2.16. The number of nitrogens with zero attached hydrogens (tertiary/aromatic N) is 1. The Hall–Kier alpha value is -2.16. The minimum absolute atomic E-state index is 0.0151. The van der Waals surface area contributed by atoms with Crippen LogP contribution < -0.4 is 10.1 Å². The Bertz CT molecular complexity index is 930. The van der Waals surface area contributed by atoms with Crippen molar-refractivity contribution < 1.29 is 27.1 Å². The summed E-state index contributed by atoms with van der Waals surface area (Å²) in [5.41, 5.74) is 0.872. The van der Waals surface area contributed by atoms with Crippen molar-refractivity contribution in [1.82, 2.24) is 10.2 Å². The number of hydrogen-bond donors (Lipinski definition) is 1. The number of ether oxygens (including phenoxy) is 1. The Kier molecular flexibility index (Phi) is 7.24. The molecular formula is C22H31FN2O5S. The molecule has 1 aromatic rings. The molecule has 1 saturated heterocycles. The molecule has 7 nitrogen and oxygen atoms in total. The van der Waals surface area contributed by atoms with Crippen molar-refractivity contribution in [3.8, 4) is 5.75 Å². The van der Waals surface area contributed by atoms with E-state index in [9.17, 15) is 22.4 Å². The summed E-state index contributed by atoms with van der Waals surface area (Å²) in [5, 5.41) is 2.21. The average Bonchev–Trinajstić information content (AvgIpc) is 3.34. The van der Waals surface area contributed by atoms with Crippen LogP contribution in [0.2, 0.25) is 0 Å². The van der Waals surface area contributed by atoms with Gasteiger partial charge in [-0.25, -0.2) is 17.6 Å². The maximum Gasteiger partial charge on any atom is 0.324 e. The monoisotopic (exact) mass is 454 g/mol. The number of carbonyl (C=O) groups excluding carboxylic acids is 2. The van der Waals surface area contributed by atoms with Gasteiger partial charge < -0.3 is 9.64 Å². The van der Waals surface area contributed by atoms with E-state index in [-0.39, 0.29) is 47.1 Å². The molecule has 1 aliphatic heterocycles. The zero-order valence-corrected chi connectivity index (χ0v) is 19.0. The number of hydrogen-bond acceptors (Lipinski definition) is 5. The van der Waals surface area contributed by atoms with Gasteiger partial charge in [0.15, 0.2) is 21.4 Å². The summed E-state index contributed by atoms with van der Waals surface area (Å²) in [6, 6.07) is 4.18. The van der Waals surface area contributed by atoms with E-state index in [1.807, 2.05) is 6.92 Å². The second kappa shape index (κ2) is 9.54. The number of halogens is 1. The Labute approximate surface area is 183 Å². The van der Waals surface area contributed by atoms with Crippen molar-refractivity contribution in [2.24, 2.45) is 5.41 Å². The molecule has 0 bridgehead atoms. The van der Waals surface area contributed by atoms with Gasteiger partial charge >= 0.3 is 6.03 Å². The van der Waals surface area contributed by atoms with Crippen LogP contribution in [0.25, 0.3) is 0 Å². The van der Waals surface area contributed by atoms with E-state index in [2.05, 4.69) is 12.2 Å². The molecule has 2 fully saturated rings. The molecule has 0 radical (unpaired) electrons. The lowest BCUT2D eigenvalue weighted by atomic mass is 10.0. The molecule has 3 rings (SSSR count). The number of urea groups is 1. The third-order valence-corrected chi connectivity index (χ3v) is 7.88. The first-order valence-corrected chi connectivity index (χ1v) is 12.6. The fourth-order valence-corrected chi connectivity index (χ4v) is 5.34. The van der Waals surface area contributed by atoms with Gasteiger partial charge in [0.25, 0.3) is 0 Å². The van der Waals surface area contributed by atoms with E-state index >= 15 is 0 Å². The molecule has 1 atom stereocenters. The van der Waals surface area contributed by atoms with E-state index in [1.165, 1.54) is 11.0 Å². The smallest absolute Gasteiger partial charge is 0.324 e. The van der Waals surface area contributed by atoms with E-state index in [1.54, 1.807) is 12.1 Å². The number of amides is 3. The highest BCUT2D eigenvalue weighted by Crippen LogP contribution is 2.45. The molecule has 1 aliphatic carbocycles. The summed E-state index contributed by atoms with van der Waals surface area (Å²) in [6.45, 7) is 4.89. The van der Waals surface area contributed by atoms with Crippen molar-refractivity contribution in [2.75, 3.05) is 31.2 Å². The van der Waals surface area contributed by atoms with Crippen molar-refractivity contribution in [1.29, 1.82) is 0 Å². The maximum absolute atomic E-state index is 14.1. The number of carbonyl (C=O) groups is 2. The molecular weight excluding hydrogens is 423 g/mol. The van der Waals surface area contributed by atoms with Crippen molar-refractivity contribution >= 4 is 21.8 Å². The molecule has 1 heterocycles. The zero-order valence-electron chi connectivity index (χ0n) is 18.2. The second-order valence-electron chi connectivity index (χ2n) is 9.14. The highest BCUT2D eigenvalue weighted by molar-refractivity contribution is 7.91. The third-order valence-electron chi connectivity index (χ3n) is 5.96. The number of unbranched alkanes of at least 4 members (excludes halogenated alkanes) is 2. The molecule has 0 spiro atoms. The van der Waals surface area contributed by atoms with Crippen LogP contribution in [0, 0.1) is 11.2 Å². The summed E-state index contributed by atoms with van der Waals surface area (Å²) in [6.07, 6.45) is 3.94. The first-order valence-electron chi connectivity index (χ1n) is 10.8. The van der Waals surface area contributed by atoms with Crippen LogP contribution >= 0.6 is 0 Å². The Balaban J connectivity index is 1.43. The van der Waals surface area contributed by atoms with Gasteiger partial charge in [0.1, 0.15) is 6.54 Å². The van der Waals surface area contributed by atoms with Crippen LogP contribution in [0.5, 0.6) is 5.75 Å². The molecule has 3 amide bonds. The molecule has 9 heteroatoms. The Morgan fingerprint density at radius 3 is 2.61 bits per heavy atom. The van der Waals surface area contributed by atoms with Gasteiger partial charge in [-0.1, -0.05) is 26.3 Å². The molecule has 0 unspecified atom stereocenters. The van der Waals surface area contributed by atoms with E-state index < -0.39 is 15.7 Å². The maximum atomic E-state index is 14.1. The largest absolute Gasteiger partial charge is 0.490 e. The van der Waals surface area contributed by atoms with Gasteiger partial charge in [0.05, 0.1) is 18.1 Å². The summed E-state index contributed by atoms with van der Waals surface area (Å²) in [4.78, 5) is 24.0. The Morgan fingerprint density at radius 1 is 1.23 bits per heavy atom. The van der Waals surface area contributed by atoms with Gasteiger partial charge in [-0.15, -0.1) is 0 Å². The quantitative estimate of drug-likeness (QED) is 0.387. The van der Waals surface area contributed by atoms with Crippen molar-refractivity contribution in [3.63, 3.8) is 0 Å². The second-order valence-corrected chi connectivity index (χ2v) is 11.4. The molecule has 0 aromatic heterocycles. The predicted octanol–water partition coefficient (Wildman–Crippen LogP) is 3.25. The number of rotatable bonds is 12. The van der Waals surface area contributed by atoms with Crippen molar-refractivity contribution in [3.05, 3.63) is 29.6 Å². The van der Waals surface area contributed by atoms with Crippen molar-refractivity contribution in [2.45, 2.75) is 51.9 Å². The van der Waals surface area contributed by atoms with Gasteiger partial charge in [-0.05, 0) is 49.3 Å². The normalized spacial score (nSPS) is 18.7. The van der Waals surface area contributed by atoms with Crippen LogP contribution in [0.15, 0.2) is 18.2 Å². The number of sulfone groups is 1. The van der Waals surface area contributed by atoms with Gasteiger partial charge in [-0.3, -0.25) is 10.1 Å². The molecule has 1 aromatic carbocycles. The molecule has 2 aliphatic rings. The van der Waals surface area contributed by atoms with Gasteiger partial charge in [0, 0.05) is 12.0 Å². The average molecular weight is 455 g/mol. The summed E-state index contributed by atoms with van der Waals surface area (Å²) < 4.78 is 44.8. The van der Waals surface area contributed by atoms with Crippen LogP contribution in [-0.2, 0) is 14.6 Å². The highest BCUT2D eigenvalue weighted by atomic mass is 32.2. The van der Waals surface area contributed by atoms with E-state index in [4.69, 9.17) is 4.74 Å². The predicted molar refractivity (Wildman–Crippen MR) is 115 cm³/mol.